The topological polar surface area (TPSA) is 41.1 Å². The molecule has 3 nitrogen and oxygen atoms in total. The van der Waals surface area contributed by atoms with E-state index in [1.54, 1.807) is 6.92 Å². The maximum atomic E-state index is 12.7. The number of allylic oxidation sites excluding steroid dienone is 5. The minimum atomic E-state index is -0.424. The summed E-state index contributed by atoms with van der Waals surface area (Å²) in [5, 5.41) is 5.81. The highest BCUT2D eigenvalue weighted by atomic mass is 19.1. The predicted octanol–water partition coefficient (Wildman–Crippen LogP) is 1.80. The van der Waals surface area contributed by atoms with Gasteiger partial charge in [0.2, 0.25) is 5.91 Å². The molecule has 0 bridgehead atoms. The normalized spacial score (nSPS) is 22.0. The van der Waals surface area contributed by atoms with E-state index in [9.17, 15) is 9.18 Å². The number of amides is 1. The molecule has 1 fully saturated rings. The first kappa shape index (κ1) is 12.6. The van der Waals surface area contributed by atoms with Crippen LogP contribution < -0.4 is 10.6 Å². The van der Waals surface area contributed by atoms with Crippen LogP contribution in [0.4, 0.5) is 4.39 Å². The summed E-state index contributed by atoms with van der Waals surface area (Å²) in [5.41, 5.74) is 0.621. The van der Waals surface area contributed by atoms with E-state index in [1.807, 2.05) is 0 Å². The molecule has 1 rings (SSSR count). The Balaban J connectivity index is 2.46. The molecule has 2 N–H and O–H groups in total. The van der Waals surface area contributed by atoms with Crippen molar-refractivity contribution in [2.24, 2.45) is 0 Å². The van der Waals surface area contributed by atoms with Gasteiger partial charge in [-0.1, -0.05) is 6.58 Å². The molecule has 1 unspecified atom stereocenters. The van der Waals surface area contributed by atoms with Crippen molar-refractivity contribution in [2.45, 2.75) is 25.8 Å². The van der Waals surface area contributed by atoms with Crippen molar-refractivity contribution in [1.29, 1.82) is 0 Å². The molecular formula is C12H17FN2O. The number of halogens is 1. The number of hydrogen-bond donors (Lipinski definition) is 2. The molecule has 4 heteroatoms. The van der Waals surface area contributed by atoms with Crippen LogP contribution in [0.3, 0.4) is 0 Å². The van der Waals surface area contributed by atoms with E-state index >= 15 is 0 Å². The summed E-state index contributed by atoms with van der Waals surface area (Å²) >= 11 is 0. The highest BCUT2D eigenvalue weighted by Crippen LogP contribution is 2.05. The molecule has 0 aromatic carbocycles. The molecule has 0 aliphatic carbocycles. The van der Waals surface area contributed by atoms with Crippen LogP contribution in [0.15, 0.2) is 36.3 Å². The number of rotatable bonds is 4. The van der Waals surface area contributed by atoms with Gasteiger partial charge in [0.1, 0.15) is 5.83 Å². The fraction of sp³-hybridized carbons (Fsp3) is 0.417. The van der Waals surface area contributed by atoms with Crippen molar-refractivity contribution >= 4 is 5.91 Å². The molecule has 1 aliphatic heterocycles. The first-order valence-corrected chi connectivity index (χ1v) is 5.34. The molecule has 88 valence electrons. The van der Waals surface area contributed by atoms with Crippen molar-refractivity contribution < 1.29 is 9.18 Å². The van der Waals surface area contributed by atoms with Gasteiger partial charge in [0.25, 0.3) is 0 Å². The minimum absolute atomic E-state index is 0.0568. The molecular weight excluding hydrogens is 207 g/mol. The Morgan fingerprint density at radius 2 is 2.31 bits per heavy atom. The summed E-state index contributed by atoms with van der Waals surface area (Å²) in [5.74, 6) is -0.480. The van der Waals surface area contributed by atoms with Crippen LogP contribution in [-0.2, 0) is 4.79 Å². The maximum Gasteiger partial charge on any atom is 0.241 e. The lowest BCUT2D eigenvalue weighted by atomic mass is 10.2. The third kappa shape index (κ3) is 3.98. The molecule has 0 saturated carbocycles. The molecule has 0 spiro atoms. The maximum absolute atomic E-state index is 12.7. The second-order valence-electron chi connectivity index (χ2n) is 3.74. The zero-order valence-corrected chi connectivity index (χ0v) is 9.42. The largest absolute Gasteiger partial charge is 0.329 e. The Morgan fingerprint density at radius 3 is 2.88 bits per heavy atom. The number of carbonyl (C=O) groups is 1. The molecule has 1 saturated heterocycles. The molecule has 1 aliphatic rings. The van der Waals surface area contributed by atoms with Gasteiger partial charge in [0.15, 0.2) is 0 Å². The van der Waals surface area contributed by atoms with E-state index in [-0.39, 0.29) is 11.9 Å². The lowest BCUT2D eigenvalue weighted by Crippen LogP contribution is -2.39. The van der Waals surface area contributed by atoms with Crippen molar-refractivity contribution in [3.05, 3.63) is 36.3 Å². The zero-order valence-electron chi connectivity index (χ0n) is 9.42. The summed E-state index contributed by atoms with van der Waals surface area (Å²) in [6, 6.07) is -0.114. The molecule has 16 heavy (non-hydrogen) atoms. The van der Waals surface area contributed by atoms with Crippen LogP contribution in [0, 0.1) is 0 Å². The SMILES string of the molecule is C=C/C(F)=C\C=C(/C)NC(=O)C1CCCN1. The second kappa shape index (κ2) is 6.23. The average Bonchev–Trinajstić information content (AvgIpc) is 2.79. The van der Waals surface area contributed by atoms with E-state index in [1.165, 1.54) is 12.2 Å². The number of carbonyl (C=O) groups excluding carboxylic acids is 1. The van der Waals surface area contributed by atoms with E-state index in [0.29, 0.717) is 5.70 Å². The van der Waals surface area contributed by atoms with Crippen molar-refractivity contribution in [3.63, 3.8) is 0 Å². The van der Waals surface area contributed by atoms with Crippen LogP contribution in [0.1, 0.15) is 19.8 Å². The van der Waals surface area contributed by atoms with E-state index in [0.717, 1.165) is 25.5 Å². The first-order valence-electron chi connectivity index (χ1n) is 5.34. The highest BCUT2D eigenvalue weighted by molar-refractivity contribution is 5.83. The van der Waals surface area contributed by atoms with Crippen LogP contribution in [0.25, 0.3) is 0 Å². The van der Waals surface area contributed by atoms with Gasteiger partial charge in [-0.3, -0.25) is 4.79 Å². The third-order valence-corrected chi connectivity index (χ3v) is 2.38. The van der Waals surface area contributed by atoms with Crippen molar-refractivity contribution in [3.8, 4) is 0 Å². The van der Waals surface area contributed by atoms with Crippen LogP contribution in [0.2, 0.25) is 0 Å². The zero-order chi connectivity index (χ0) is 12.0. The first-order chi connectivity index (χ1) is 7.63. The number of hydrogen-bond acceptors (Lipinski definition) is 2. The average molecular weight is 224 g/mol. The van der Waals surface area contributed by atoms with Gasteiger partial charge < -0.3 is 10.6 Å². The van der Waals surface area contributed by atoms with Gasteiger partial charge in [0, 0.05) is 5.70 Å². The molecule has 0 radical (unpaired) electrons. The highest BCUT2D eigenvalue weighted by Gasteiger charge is 2.21. The number of nitrogens with one attached hydrogen (secondary N) is 2. The van der Waals surface area contributed by atoms with Gasteiger partial charge in [-0.05, 0) is 44.5 Å². The van der Waals surface area contributed by atoms with Gasteiger partial charge in [0.05, 0.1) is 6.04 Å². The fourth-order valence-electron chi connectivity index (χ4n) is 1.50. The van der Waals surface area contributed by atoms with Gasteiger partial charge in [-0.25, -0.2) is 4.39 Å². The predicted molar refractivity (Wildman–Crippen MR) is 62.3 cm³/mol. The summed E-state index contributed by atoms with van der Waals surface area (Å²) in [6.45, 7) is 5.90. The third-order valence-electron chi connectivity index (χ3n) is 2.38. The van der Waals surface area contributed by atoms with Crippen LogP contribution in [-0.4, -0.2) is 18.5 Å². The van der Waals surface area contributed by atoms with E-state index in [2.05, 4.69) is 17.2 Å². The summed E-state index contributed by atoms with van der Waals surface area (Å²) in [4.78, 5) is 11.6. The Morgan fingerprint density at radius 1 is 1.56 bits per heavy atom. The second-order valence-corrected chi connectivity index (χ2v) is 3.74. The monoisotopic (exact) mass is 224 g/mol. The Kier molecular flexibility index (Phi) is 4.92. The Bertz CT molecular complexity index is 328. The summed E-state index contributed by atoms with van der Waals surface area (Å²) in [7, 11) is 0. The quantitative estimate of drug-likeness (QED) is 0.715. The summed E-state index contributed by atoms with van der Waals surface area (Å²) in [6.07, 6.45) is 5.78. The van der Waals surface area contributed by atoms with E-state index < -0.39 is 5.83 Å². The summed E-state index contributed by atoms with van der Waals surface area (Å²) < 4.78 is 12.7. The van der Waals surface area contributed by atoms with Crippen LogP contribution in [0.5, 0.6) is 0 Å². The Labute approximate surface area is 95.1 Å². The van der Waals surface area contributed by atoms with E-state index in [4.69, 9.17) is 0 Å². The Hall–Kier alpha value is -1.42. The fourth-order valence-corrected chi connectivity index (χ4v) is 1.50. The van der Waals surface area contributed by atoms with Crippen LogP contribution >= 0.6 is 0 Å². The molecule has 1 heterocycles. The molecule has 0 aromatic heterocycles. The molecule has 1 amide bonds. The molecule has 1 atom stereocenters. The van der Waals surface area contributed by atoms with Crippen molar-refractivity contribution in [2.75, 3.05) is 6.54 Å². The van der Waals surface area contributed by atoms with Crippen molar-refractivity contribution in [1.82, 2.24) is 10.6 Å². The lowest BCUT2D eigenvalue weighted by molar-refractivity contribution is -0.122. The van der Waals surface area contributed by atoms with Gasteiger partial charge >= 0.3 is 0 Å². The minimum Gasteiger partial charge on any atom is -0.329 e. The standard InChI is InChI=1S/C12H17FN2O/c1-3-10(13)7-6-9(2)15-12(16)11-5-4-8-14-11/h3,6-7,11,14H,1,4-5,8H2,2H3,(H,15,16)/b9-6+,10-7+. The molecule has 0 aromatic rings. The van der Waals surface area contributed by atoms with Gasteiger partial charge in [-0.15, -0.1) is 0 Å². The lowest BCUT2D eigenvalue weighted by Gasteiger charge is -2.10. The van der Waals surface area contributed by atoms with Gasteiger partial charge in [-0.2, -0.15) is 0 Å². The smallest absolute Gasteiger partial charge is 0.241 e.